The van der Waals surface area contributed by atoms with Gasteiger partial charge in [0.1, 0.15) is 11.2 Å². The molecule has 1 unspecified atom stereocenters. The first-order chi connectivity index (χ1) is 6.02. The minimum absolute atomic E-state index is 0.127. The molecule has 13 heavy (non-hydrogen) atoms. The van der Waals surface area contributed by atoms with E-state index in [4.69, 9.17) is 23.2 Å². The molecule has 0 heterocycles. The van der Waals surface area contributed by atoms with Crippen molar-refractivity contribution in [1.29, 1.82) is 0 Å². The summed E-state index contributed by atoms with van der Waals surface area (Å²) in [5.41, 5.74) is 0.127. The van der Waals surface area contributed by atoms with Gasteiger partial charge in [0.05, 0.1) is 0 Å². The van der Waals surface area contributed by atoms with Crippen molar-refractivity contribution in [3.05, 3.63) is 34.6 Å². The Bertz CT molecular complexity index is 338. The van der Waals surface area contributed by atoms with Gasteiger partial charge in [-0.3, -0.25) is 4.79 Å². The average molecular weight is 221 g/mol. The molecule has 0 aromatic heterocycles. The van der Waals surface area contributed by atoms with Gasteiger partial charge in [0.2, 0.25) is 0 Å². The normalized spacial score (nSPS) is 12.6. The first-order valence-electron chi connectivity index (χ1n) is 3.62. The molecule has 1 atom stereocenters. The van der Waals surface area contributed by atoms with Gasteiger partial charge in [0.15, 0.2) is 5.78 Å². The van der Waals surface area contributed by atoms with E-state index in [1.54, 1.807) is 0 Å². The van der Waals surface area contributed by atoms with Gasteiger partial charge in [-0.25, -0.2) is 4.39 Å². The average Bonchev–Trinajstić information content (AvgIpc) is 2.08. The first kappa shape index (κ1) is 10.5. The molecule has 0 saturated carbocycles. The summed E-state index contributed by atoms with van der Waals surface area (Å²) < 4.78 is 13.1. The molecule has 0 radical (unpaired) electrons. The van der Waals surface area contributed by atoms with Crippen LogP contribution >= 0.6 is 23.2 Å². The van der Waals surface area contributed by atoms with Crippen LogP contribution in [0.25, 0.3) is 0 Å². The van der Waals surface area contributed by atoms with E-state index >= 15 is 0 Å². The van der Waals surface area contributed by atoms with Gasteiger partial charge >= 0.3 is 0 Å². The zero-order valence-electron chi connectivity index (χ0n) is 6.85. The van der Waals surface area contributed by atoms with Crippen LogP contribution in [0, 0.1) is 5.82 Å². The molecular formula is C9H7Cl2FO. The van der Waals surface area contributed by atoms with Crippen LogP contribution in [0.5, 0.6) is 0 Å². The van der Waals surface area contributed by atoms with Crippen molar-refractivity contribution in [1.82, 2.24) is 0 Å². The van der Waals surface area contributed by atoms with Crippen LogP contribution in [-0.2, 0) is 4.79 Å². The fourth-order valence-electron chi connectivity index (χ4n) is 0.928. The van der Waals surface area contributed by atoms with Crippen LogP contribution in [0.15, 0.2) is 18.2 Å². The van der Waals surface area contributed by atoms with Gasteiger partial charge in [-0.15, -0.1) is 11.6 Å². The molecule has 1 aromatic carbocycles. The fraction of sp³-hybridized carbons (Fsp3) is 0.222. The van der Waals surface area contributed by atoms with Crippen LogP contribution in [-0.4, -0.2) is 5.78 Å². The summed E-state index contributed by atoms with van der Waals surface area (Å²) in [6.07, 6.45) is 0. The van der Waals surface area contributed by atoms with E-state index in [0.29, 0.717) is 5.02 Å². The smallest absolute Gasteiger partial charge is 0.152 e. The number of carbonyl (C=O) groups is 1. The summed E-state index contributed by atoms with van der Waals surface area (Å²) in [4.78, 5) is 10.9. The summed E-state index contributed by atoms with van der Waals surface area (Å²) >= 11 is 11.3. The van der Waals surface area contributed by atoms with E-state index in [1.807, 2.05) is 0 Å². The van der Waals surface area contributed by atoms with E-state index in [2.05, 4.69) is 0 Å². The van der Waals surface area contributed by atoms with Crippen LogP contribution in [0.2, 0.25) is 5.02 Å². The highest BCUT2D eigenvalue weighted by atomic mass is 35.5. The van der Waals surface area contributed by atoms with Crippen molar-refractivity contribution in [2.45, 2.75) is 12.3 Å². The predicted molar refractivity (Wildman–Crippen MR) is 50.7 cm³/mol. The van der Waals surface area contributed by atoms with Crippen LogP contribution < -0.4 is 0 Å². The number of benzene rings is 1. The van der Waals surface area contributed by atoms with Crippen LogP contribution in [0.3, 0.4) is 0 Å². The van der Waals surface area contributed by atoms with Gasteiger partial charge < -0.3 is 0 Å². The Morgan fingerprint density at radius 1 is 1.54 bits per heavy atom. The third-order valence-electron chi connectivity index (χ3n) is 1.59. The molecule has 0 saturated heterocycles. The molecule has 0 N–H and O–H groups in total. The fourth-order valence-corrected chi connectivity index (χ4v) is 1.28. The molecule has 0 aliphatic rings. The van der Waals surface area contributed by atoms with Crippen molar-refractivity contribution >= 4 is 29.0 Å². The first-order valence-corrected chi connectivity index (χ1v) is 4.43. The van der Waals surface area contributed by atoms with Gasteiger partial charge in [-0.2, -0.15) is 0 Å². The molecule has 1 aromatic rings. The van der Waals surface area contributed by atoms with E-state index in [9.17, 15) is 9.18 Å². The highest BCUT2D eigenvalue weighted by Crippen LogP contribution is 2.26. The van der Waals surface area contributed by atoms with Crippen molar-refractivity contribution in [2.75, 3.05) is 0 Å². The molecule has 0 bridgehead atoms. The molecule has 0 aliphatic carbocycles. The summed E-state index contributed by atoms with van der Waals surface area (Å²) in [6, 6.07) is 3.95. The maximum Gasteiger partial charge on any atom is 0.152 e. The second-order valence-electron chi connectivity index (χ2n) is 2.64. The predicted octanol–water partition coefficient (Wildman–Crippen LogP) is 3.35. The second-order valence-corrected chi connectivity index (χ2v) is 3.51. The molecular weight excluding hydrogens is 214 g/mol. The molecule has 0 fully saturated rings. The van der Waals surface area contributed by atoms with Crippen LogP contribution in [0.1, 0.15) is 17.9 Å². The van der Waals surface area contributed by atoms with Crippen molar-refractivity contribution in [3.8, 4) is 0 Å². The quantitative estimate of drug-likeness (QED) is 0.700. The summed E-state index contributed by atoms with van der Waals surface area (Å²) in [7, 11) is 0. The third kappa shape index (κ3) is 2.42. The van der Waals surface area contributed by atoms with E-state index in [1.165, 1.54) is 25.1 Å². The molecule has 1 nitrogen and oxygen atoms in total. The Morgan fingerprint density at radius 2 is 2.15 bits per heavy atom. The highest BCUT2D eigenvalue weighted by Gasteiger charge is 2.17. The number of hydrogen-bond donors (Lipinski definition) is 0. The SMILES string of the molecule is CC(=O)C(Cl)c1cc(Cl)ccc1F. The number of halogens is 3. The van der Waals surface area contributed by atoms with Crippen molar-refractivity contribution < 1.29 is 9.18 Å². The molecule has 1 rings (SSSR count). The van der Waals surface area contributed by atoms with E-state index < -0.39 is 11.2 Å². The maximum absolute atomic E-state index is 13.1. The highest BCUT2D eigenvalue weighted by molar-refractivity contribution is 6.32. The molecule has 0 spiro atoms. The number of hydrogen-bond acceptors (Lipinski definition) is 1. The van der Waals surface area contributed by atoms with E-state index in [-0.39, 0.29) is 11.3 Å². The zero-order chi connectivity index (χ0) is 10.0. The number of Topliss-reactive ketones (excluding diaryl/α,β-unsaturated/α-hetero) is 1. The van der Waals surface area contributed by atoms with Gasteiger partial charge in [-0.1, -0.05) is 11.6 Å². The lowest BCUT2D eigenvalue weighted by molar-refractivity contribution is -0.116. The number of alkyl halides is 1. The Kier molecular flexibility index (Phi) is 3.28. The monoisotopic (exact) mass is 220 g/mol. The molecule has 0 aliphatic heterocycles. The standard InChI is InChI=1S/C9H7Cl2FO/c1-5(13)9(11)7-4-6(10)2-3-8(7)12/h2-4,9H,1H3. The van der Waals surface area contributed by atoms with Crippen LogP contribution in [0.4, 0.5) is 4.39 Å². The molecule has 0 amide bonds. The minimum Gasteiger partial charge on any atom is -0.298 e. The van der Waals surface area contributed by atoms with Gasteiger partial charge in [0.25, 0.3) is 0 Å². The number of ketones is 1. The Morgan fingerprint density at radius 3 is 2.69 bits per heavy atom. The lowest BCUT2D eigenvalue weighted by atomic mass is 10.1. The summed E-state index contributed by atoms with van der Waals surface area (Å²) in [5, 5.41) is -0.595. The van der Waals surface area contributed by atoms with Crippen molar-refractivity contribution in [3.63, 3.8) is 0 Å². The Balaban J connectivity index is 3.12. The van der Waals surface area contributed by atoms with Gasteiger partial charge in [0, 0.05) is 10.6 Å². The summed E-state index contributed by atoms with van der Waals surface area (Å²) in [6.45, 7) is 1.30. The topological polar surface area (TPSA) is 17.1 Å². The summed E-state index contributed by atoms with van der Waals surface area (Å²) in [5.74, 6) is -0.817. The molecule has 4 heteroatoms. The second kappa shape index (κ2) is 4.07. The Labute approximate surface area is 85.5 Å². The number of rotatable bonds is 2. The zero-order valence-corrected chi connectivity index (χ0v) is 8.36. The maximum atomic E-state index is 13.1. The lowest BCUT2D eigenvalue weighted by Gasteiger charge is -2.07. The Hall–Kier alpha value is -0.600. The van der Waals surface area contributed by atoms with Gasteiger partial charge in [-0.05, 0) is 25.1 Å². The molecule has 70 valence electrons. The minimum atomic E-state index is -0.960. The lowest BCUT2D eigenvalue weighted by Crippen LogP contribution is -2.03. The largest absolute Gasteiger partial charge is 0.298 e. The van der Waals surface area contributed by atoms with E-state index in [0.717, 1.165) is 0 Å². The van der Waals surface area contributed by atoms with Crippen molar-refractivity contribution in [2.24, 2.45) is 0 Å². The number of carbonyl (C=O) groups excluding carboxylic acids is 1. The third-order valence-corrected chi connectivity index (χ3v) is 2.37.